The van der Waals surface area contributed by atoms with Crippen molar-refractivity contribution in [3.05, 3.63) is 262 Å². The van der Waals surface area contributed by atoms with Crippen molar-refractivity contribution in [2.45, 2.75) is 93.1 Å². The molecule has 434 valence electrons. The third kappa shape index (κ3) is 14.7. The number of aliphatic carboxylic acids is 1. The molecule has 0 unspecified atom stereocenters. The Labute approximate surface area is 512 Å². The number of aliphatic hydroxyl groups is 1. The molecule has 0 spiro atoms. The first-order valence-corrected chi connectivity index (χ1v) is 28.2. The largest absolute Gasteiger partial charge is 1.00 e. The van der Waals surface area contributed by atoms with Gasteiger partial charge in [0.1, 0.15) is 23.3 Å². The first kappa shape index (κ1) is 60.6. The summed E-state index contributed by atoms with van der Waals surface area (Å²) in [6.45, 7) is 14.8. The molecule has 4 aromatic heterocycles. The number of imidazole rings is 4. The van der Waals surface area contributed by atoms with E-state index in [1.54, 1.807) is 0 Å². The summed E-state index contributed by atoms with van der Waals surface area (Å²) < 4.78 is 9.38. The van der Waals surface area contributed by atoms with E-state index < -0.39 is 12.1 Å². The SMILES string of the molecule is CC(=O)O.Cc1ccc(Cn2c(CN(Cc3nc4ccccc4n3Cc3ccc(C)cc3)CC(O)CN(Cc3nc4ccccc4n3Cc3ccc(C)cc3)Cc3nc4ccccc4n3Cc3ccc(C)cc3)nc3ccccc32)cc1.[Cu+].[Cu+]. The summed E-state index contributed by atoms with van der Waals surface area (Å²) in [5, 5.41) is 20.4. The van der Waals surface area contributed by atoms with Gasteiger partial charge in [-0.25, -0.2) is 19.9 Å². The minimum atomic E-state index is -0.833. The molecule has 0 atom stereocenters. The molecule has 2 N–H and O–H groups in total. The minimum Gasteiger partial charge on any atom is -0.481 e. The van der Waals surface area contributed by atoms with Gasteiger partial charge in [0.05, 0.1) is 76.4 Å². The van der Waals surface area contributed by atoms with Crippen molar-refractivity contribution in [1.29, 1.82) is 0 Å². The Morgan fingerprint density at radius 1 is 0.381 bits per heavy atom. The summed E-state index contributed by atoms with van der Waals surface area (Å²) in [7, 11) is 0. The van der Waals surface area contributed by atoms with Gasteiger partial charge in [-0.15, -0.1) is 0 Å². The van der Waals surface area contributed by atoms with Gasteiger partial charge in [-0.1, -0.05) is 168 Å². The molecule has 0 saturated heterocycles. The first-order valence-electron chi connectivity index (χ1n) is 28.2. The van der Waals surface area contributed by atoms with Crippen LogP contribution < -0.4 is 0 Å². The van der Waals surface area contributed by atoms with Gasteiger partial charge in [-0.05, 0) is 98.5 Å². The van der Waals surface area contributed by atoms with Gasteiger partial charge in [0.25, 0.3) is 5.97 Å². The predicted octanol–water partition coefficient (Wildman–Crippen LogP) is 12.7. The number of benzene rings is 8. The number of aliphatic hydroxyl groups excluding tert-OH is 1. The van der Waals surface area contributed by atoms with Crippen molar-refractivity contribution in [3.63, 3.8) is 0 Å². The number of carboxylic acid groups (broad SMARTS) is 1. The zero-order valence-electron chi connectivity index (χ0n) is 48.0. The van der Waals surface area contributed by atoms with Crippen LogP contribution >= 0.6 is 0 Å². The van der Waals surface area contributed by atoms with E-state index in [9.17, 15) is 5.11 Å². The number of carbonyl (C=O) groups is 1. The van der Waals surface area contributed by atoms with Crippen molar-refractivity contribution >= 4 is 50.1 Å². The molecule has 0 bridgehead atoms. The Kier molecular flexibility index (Phi) is 19.9. The van der Waals surface area contributed by atoms with Crippen LogP contribution in [-0.4, -0.2) is 83.4 Å². The Morgan fingerprint density at radius 2 is 0.583 bits per heavy atom. The van der Waals surface area contributed by atoms with E-state index in [4.69, 9.17) is 29.8 Å². The molecule has 0 fully saturated rings. The van der Waals surface area contributed by atoms with Crippen LogP contribution in [0.1, 0.15) is 74.7 Å². The fourth-order valence-corrected chi connectivity index (χ4v) is 11.0. The van der Waals surface area contributed by atoms with Crippen molar-refractivity contribution in [3.8, 4) is 0 Å². The Morgan fingerprint density at radius 3 is 0.798 bits per heavy atom. The number of aryl methyl sites for hydroxylation is 4. The molecule has 84 heavy (non-hydrogen) atoms. The third-order valence-electron chi connectivity index (χ3n) is 15.2. The minimum absolute atomic E-state index is 0. The summed E-state index contributed by atoms with van der Waals surface area (Å²) in [6.07, 6.45) is -0.806. The van der Waals surface area contributed by atoms with Gasteiger partial charge < -0.3 is 28.5 Å². The van der Waals surface area contributed by atoms with Gasteiger partial charge in [0.15, 0.2) is 0 Å². The normalized spacial score (nSPS) is 11.4. The van der Waals surface area contributed by atoms with E-state index in [0.717, 1.165) is 74.4 Å². The summed E-state index contributed by atoms with van der Waals surface area (Å²) >= 11 is 0. The maximum absolute atomic E-state index is 13.0. The number of nitrogens with zero attached hydrogens (tertiary/aromatic N) is 10. The molecular formula is C69H70Cu2N10O3+2. The average molecular weight is 1210 g/mol. The molecule has 0 aliphatic carbocycles. The molecule has 13 nitrogen and oxygen atoms in total. The number of aromatic nitrogens is 8. The number of hydrogen-bond donors (Lipinski definition) is 2. The van der Waals surface area contributed by atoms with E-state index in [2.05, 4.69) is 250 Å². The Bertz CT molecular complexity index is 3610. The first-order chi connectivity index (χ1) is 39.8. The van der Waals surface area contributed by atoms with E-state index in [0.29, 0.717) is 65.4 Å². The molecular weight excluding hydrogens is 1140 g/mol. The maximum atomic E-state index is 13.0. The van der Waals surface area contributed by atoms with Crippen LogP contribution in [0.25, 0.3) is 44.1 Å². The van der Waals surface area contributed by atoms with Crippen LogP contribution in [0.15, 0.2) is 194 Å². The summed E-state index contributed by atoms with van der Waals surface area (Å²) in [5.74, 6) is 2.88. The summed E-state index contributed by atoms with van der Waals surface area (Å²) in [5.41, 5.74) is 17.8. The number of hydrogen-bond acceptors (Lipinski definition) is 8. The Balaban J connectivity index is 0.00000137. The van der Waals surface area contributed by atoms with Crippen molar-refractivity contribution in [1.82, 2.24) is 48.0 Å². The second-order valence-corrected chi connectivity index (χ2v) is 21.9. The molecule has 12 aromatic rings. The maximum Gasteiger partial charge on any atom is 1.00 e. The number of rotatable bonds is 20. The average Bonchev–Trinajstić information content (AvgIpc) is 4.31. The second kappa shape index (κ2) is 27.6. The van der Waals surface area contributed by atoms with Gasteiger partial charge >= 0.3 is 34.1 Å². The molecule has 0 radical (unpaired) electrons. The fraction of sp³-hybridized carbons (Fsp3) is 0.232. The van der Waals surface area contributed by atoms with Gasteiger partial charge in [-0.3, -0.25) is 14.6 Å². The van der Waals surface area contributed by atoms with Gasteiger partial charge in [0.2, 0.25) is 0 Å². The monoisotopic (exact) mass is 1210 g/mol. The molecule has 15 heteroatoms. The van der Waals surface area contributed by atoms with E-state index in [1.165, 1.54) is 44.5 Å². The molecule has 0 aliphatic rings. The molecule has 8 aromatic carbocycles. The molecule has 4 heterocycles. The van der Waals surface area contributed by atoms with E-state index >= 15 is 0 Å². The van der Waals surface area contributed by atoms with Gasteiger partial charge in [-0.2, -0.15) is 0 Å². The van der Waals surface area contributed by atoms with Crippen LogP contribution in [0.2, 0.25) is 0 Å². The second-order valence-electron chi connectivity index (χ2n) is 21.9. The number of para-hydroxylation sites is 8. The third-order valence-corrected chi connectivity index (χ3v) is 15.2. The van der Waals surface area contributed by atoms with Crippen molar-refractivity contribution < 1.29 is 49.1 Å². The van der Waals surface area contributed by atoms with E-state index in [1.807, 2.05) is 0 Å². The topological polar surface area (TPSA) is 135 Å². The molecule has 0 saturated carbocycles. The van der Waals surface area contributed by atoms with Crippen LogP contribution in [0.5, 0.6) is 0 Å². The zero-order chi connectivity index (χ0) is 56.7. The standard InChI is InChI=1S/C67H66N10O.C2H4O2.2Cu/c1-47-21-29-51(30-22-47)37-74-60-17-9-5-13-56(60)68-64(74)43-72(44-65-69-57-14-6-10-18-61(57)75(65)38-52-31-23-48(2)24-32-52)41-55(78)42-73(45-66-70-58-15-7-11-19-62(58)76(66)39-53-33-25-49(3)26-34-53)46-67-71-59-16-8-12-20-63(59)77(67)40-54-35-27-50(4)28-36-54;1-2(3)4;;/h5-36,55,78H,37-46H2,1-4H3;1H3,(H,3,4);;/q;;2*+1. The Hall–Kier alpha value is -7.97. The number of fused-ring (bicyclic) bond motifs is 4. The van der Waals surface area contributed by atoms with Crippen LogP contribution in [-0.2, 0) is 91.3 Å². The van der Waals surface area contributed by atoms with Crippen LogP contribution in [0.3, 0.4) is 0 Å². The smallest absolute Gasteiger partial charge is 0.481 e. The molecule has 0 amide bonds. The van der Waals surface area contributed by atoms with Crippen LogP contribution in [0.4, 0.5) is 0 Å². The van der Waals surface area contributed by atoms with Crippen molar-refractivity contribution in [2.75, 3.05) is 13.1 Å². The number of carboxylic acids is 1. The summed E-state index contributed by atoms with van der Waals surface area (Å²) in [4.78, 5) is 35.1. The molecule has 0 aliphatic heterocycles. The van der Waals surface area contributed by atoms with Gasteiger partial charge in [0, 0.05) is 46.2 Å². The zero-order valence-corrected chi connectivity index (χ0v) is 49.9. The fourth-order valence-electron chi connectivity index (χ4n) is 11.0. The quantitative estimate of drug-likeness (QED) is 0.0715. The van der Waals surface area contributed by atoms with Crippen LogP contribution in [0, 0.1) is 27.7 Å². The predicted molar refractivity (Wildman–Crippen MR) is 328 cm³/mol. The van der Waals surface area contributed by atoms with E-state index in [-0.39, 0.29) is 34.1 Å². The molecule has 12 rings (SSSR count). The summed E-state index contributed by atoms with van der Waals surface area (Å²) in [6, 6.07) is 68.7. The van der Waals surface area contributed by atoms with Crippen molar-refractivity contribution in [2.24, 2.45) is 0 Å².